The number of rotatable bonds is 7. The van der Waals surface area contributed by atoms with Crippen LogP contribution in [-0.4, -0.2) is 42.8 Å². The van der Waals surface area contributed by atoms with Gasteiger partial charge >= 0.3 is 0 Å². The molecule has 0 bridgehead atoms. The summed E-state index contributed by atoms with van der Waals surface area (Å²) in [6.07, 6.45) is 0.163. The zero-order chi connectivity index (χ0) is 20.5. The first-order chi connectivity index (χ1) is 13.2. The maximum Gasteiger partial charge on any atom is 0.263 e. The van der Waals surface area contributed by atoms with Crippen molar-refractivity contribution < 1.29 is 22.7 Å². The minimum Gasteiger partial charge on any atom is -0.495 e. The highest BCUT2D eigenvalue weighted by molar-refractivity contribution is 8.01. The number of nitrogens with zero attached hydrogens (tertiary/aromatic N) is 3. The average molecular weight is 443 g/mol. The summed E-state index contributed by atoms with van der Waals surface area (Å²) < 4.78 is 33.7. The molecule has 2 heterocycles. The molecular weight excluding hydrogens is 424 g/mol. The number of aromatic nitrogens is 2. The van der Waals surface area contributed by atoms with Gasteiger partial charge in [0.25, 0.3) is 10.0 Å². The van der Waals surface area contributed by atoms with Crippen molar-refractivity contribution in [1.82, 2.24) is 10.2 Å². The van der Waals surface area contributed by atoms with Crippen LogP contribution in [0.25, 0.3) is 0 Å². The first-order valence-corrected chi connectivity index (χ1v) is 11.5. The number of nitrogens with one attached hydrogen (secondary N) is 1. The fourth-order valence-electron chi connectivity index (χ4n) is 2.53. The van der Waals surface area contributed by atoms with Crippen LogP contribution in [0.4, 0.5) is 10.8 Å². The van der Waals surface area contributed by atoms with Gasteiger partial charge in [0.1, 0.15) is 5.75 Å². The van der Waals surface area contributed by atoms with Gasteiger partial charge in [0.05, 0.1) is 17.7 Å². The summed E-state index contributed by atoms with van der Waals surface area (Å²) >= 11 is 2.61. The predicted molar refractivity (Wildman–Crippen MR) is 106 cm³/mol. The molecule has 0 radical (unpaired) electrons. The van der Waals surface area contributed by atoms with E-state index < -0.39 is 21.8 Å². The van der Waals surface area contributed by atoms with Crippen LogP contribution < -0.4 is 14.4 Å². The van der Waals surface area contributed by atoms with Crippen LogP contribution in [0.15, 0.2) is 27.4 Å². The molecule has 0 aliphatic carbocycles. The number of sulfonamides is 1. The fourth-order valence-corrected chi connectivity index (χ4v) is 5.76. The van der Waals surface area contributed by atoms with E-state index in [2.05, 4.69) is 14.9 Å². The van der Waals surface area contributed by atoms with Gasteiger partial charge in [-0.15, -0.1) is 10.2 Å². The number of imide groups is 1. The van der Waals surface area contributed by atoms with E-state index in [0.717, 1.165) is 16.2 Å². The second-order valence-corrected chi connectivity index (χ2v) is 10.6. The maximum atomic E-state index is 12.8. The van der Waals surface area contributed by atoms with Gasteiger partial charge in [0.15, 0.2) is 4.34 Å². The predicted octanol–water partition coefficient (Wildman–Crippen LogP) is 2.50. The largest absolute Gasteiger partial charge is 0.495 e. The molecule has 0 atom stereocenters. The third kappa shape index (κ3) is 4.28. The molecule has 0 spiro atoms. The lowest BCUT2D eigenvalue weighted by Crippen LogP contribution is -2.29. The van der Waals surface area contributed by atoms with E-state index in [0.29, 0.717) is 4.34 Å². The second kappa shape index (κ2) is 8.05. The molecule has 2 amide bonds. The molecule has 150 valence electrons. The molecule has 1 aliphatic heterocycles. The van der Waals surface area contributed by atoms with Gasteiger partial charge in [0.2, 0.25) is 16.9 Å². The molecule has 0 saturated carbocycles. The molecule has 3 rings (SSSR count). The Morgan fingerprint density at radius 1 is 1.21 bits per heavy atom. The monoisotopic (exact) mass is 442 g/mol. The summed E-state index contributed by atoms with van der Waals surface area (Å²) in [4.78, 5) is 25.0. The minimum atomic E-state index is -4.00. The summed E-state index contributed by atoms with van der Waals surface area (Å²) in [6.45, 7) is 3.99. The van der Waals surface area contributed by atoms with Crippen molar-refractivity contribution in [1.29, 1.82) is 0 Å². The molecule has 2 aromatic rings. The SMILES string of the molecule is COc1ccc(S(=O)(=O)Nc2nnc(SC(C)C)s2)cc1N1C(=O)CCC1=O. The molecule has 28 heavy (non-hydrogen) atoms. The third-order valence-corrected chi connectivity index (χ3v) is 7.11. The Balaban J connectivity index is 1.92. The third-order valence-electron chi connectivity index (χ3n) is 3.72. The standard InChI is InChI=1S/C16H18N4O5S3/c1-9(2)26-16-18-17-15(27-16)19-28(23,24)10-4-5-12(25-3)11(8-10)20-13(21)6-7-14(20)22/h4-5,8-9H,6-7H2,1-3H3,(H,17,19). The smallest absolute Gasteiger partial charge is 0.263 e. The Labute approximate surface area is 170 Å². The van der Waals surface area contributed by atoms with Crippen LogP contribution >= 0.6 is 23.1 Å². The molecule has 12 heteroatoms. The molecular formula is C16H18N4O5S3. The van der Waals surface area contributed by atoms with Gasteiger partial charge in [0, 0.05) is 18.1 Å². The number of methoxy groups -OCH3 is 1. The highest BCUT2D eigenvalue weighted by Crippen LogP contribution is 2.35. The van der Waals surface area contributed by atoms with Crippen molar-refractivity contribution in [3.8, 4) is 5.75 Å². The van der Waals surface area contributed by atoms with Crippen molar-refractivity contribution in [2.75, 3.05) is 16.7 Å². The van der Waals surface area contributed by atoms with Crippen LogP contribution in [0.3, 0.4) is 0 Å². The molecule has 1 aromatic heterocycles. The minimum absolute atomic E-state index is 0.0816. The maximum absolute atomic E-state index is 12.8. The Kier molecular flexibility index (Phi) is 5.91. The van der Waals surface area contributed by atoms with Crippen LogP contribution in [0.5, 0.6) is 5.75 Å². The van der Waals surface area contributed by atoms with Crippen molar-refractivity contribution in [3.05, 3.63) is 18.2 Å². The van der Waals surface area contributed by atoms with E-state index in [1.807, 2.05) is 13.8 Å². The van der Waals surface area contributed by atoms with Crippen LogP contribution in [0.1, 0.15) is 26.7 Å². The lowest BCUT2D eigenvalue weighted by Gasteiger charge is -2.18. The lowest BCUT2D eigenvalue weighted by molar-refractivity contribution is -0.121. The van der Waals surface area contributed by atoms with Crippen molar-refractivity contribution in [3.63, 3.8) is 0 Å². The number of benzene rings is 1. The molecule has 1 N–H and O–H groups in total. The van der Waals surface area contributed by atoms with Gasteiger partial charge in [-0.05, 0) is 18.2 Å². The Hall–Kier alpha value is -2.18. The van der Waals surface area contributed by atoms with Crippen LogP contribution in [0.2, 0.25) is 0 Å². The molecule has 1 aromatic carbocycles. The first kappa shape index (κ1) is 20.6. The number of amides is 2. The van der Waals surface area contributed by atoms with E-state index in [4.69, 9.17) is 4.74 Å². The zero-order valence-corrected chi connectivity index (χ0v) is 17.8. The highest BCUT2D eigenvalue weighted by Gasteiger charge is 2.33. The molecule has 0 unspecified atom stereocenters. The molecule has 1 fully saturated rings. The van der Waals surface area contributed by atoms with E-state index in [-0.39, 0.29) is 39.6 Å². The highest BCUT2D eigenvalue weighted by atomic mass is 32.2. The Bertz CT molecular complexity index is 1000. The Morgan fingerprint density at radius 2 is 1.89 bits per heavy atom. The van der Waals surface area contributed by atoms with Gasteiger partial charge in [-0.25, -0.2) is 13.3 Å². The van der Waals surface area contributed by atoms with E-state index in [1.54, 1.807) is 0 Å². The Morgan fingerprint density at radius 3 is 2.50 bits per heavy atom. The summed E-state index contributed by atoms with van der Waals surface area (Å²) in [5, 5.41) is 8.22. The van der Waals surface area contributed by atoms with Gasteiger partial charge in [-0.2, -0.15) is 0 Å². The number of ether oxygens (including phenoxy) is 1. The summed E-state index contributed by atoms with van der Waals surface area (Å²) in [7, 11) is -2.62. The van der Waals surface area contributed by atoms with Gasteiger partial charge in [-0.3, -0.25) is 14.3 Å². The first-order valence-electron chi connectivity index (χ1n) is 8.28. The number of carbonyl (C=O) groups excluding carboxylic acids is 2. The topological polar surface area (TPSA) is 119 Å². The summed E-state index contributed by atoms with van der Waals surface area (Å²) in [6, 6.07) is 3.98. The number of carbonyl (C=O) groups is 2. The molecule has 1 saturated heterocycles. The number of anilines is 2. The lowest BCUT2D eigenvalue weighted by atomic mass is 10.2. The summed E-state index contributed by atoms with van der Waals surface area (Å²) in [5.74, 6) is -0.565. The quantitative estimate of drug-likeness (QED) is 0.513. The molecule has 9 nitrogen and oxygen atoms in total. The van der Waals surface area contributed by atoms with E-state index in [9.17, 15) is 18.0 Å². The van der Waals surface area contributed by atoms with Crippen molar-refractivity contribution in [2.45, 2.75) is 41.2 Å². The van der Waals surface area contributed by atoms with Gasteiger partial charge < -0.3 is 4.74 Å². The second-order valence-electron chi connectivity index (χ2n) is 6.10. The van der Waals surface area contributed by atoms with E-state index in [1.165, 1.54) is 37.1 Å². The average Bonchev–Trinajstić information content (AvgIpc) is 3.19. The van der Waals surface area contributed by atoms with Crippen LogP contribution in [-0.2, 0) is 19.6 Å². The van der Waals surface area contributed by atoms with Crippen LogP contribution in [0, 0.1) is 0 Å². The normalized spacial score (nSPS) is 14.8. The van der Waals surface area contributed by atoms with Gasteiger partial charge in [-0.1, -0.05) is 36.9 Å². The molecule has 1 aliphatic rings. The zero-order valence-electron chi connectivity index (χ0n) is 15.3. The number of thioether (sulfide) groups is 1. The number of hydrogen-bond acceptors (Lipinski definition) is 9. The summed E-state index contributed by atoms with van der Waals surface area (Å²) in [5.41, 5.74) is 0.103. The number of hydrogen-bond donors (Lipinski definition) is 1. The van der Waals surface area contributed by atoms with Crippen molar-refractivity contribution in [2.24, 2.45) is 0 Å². The fraction of sp³-hybridized carbons (Fsp3) is 0.375. The van der Waals surface area contributed by atoms with E-state index >= 15 is 0 Å². The van der Waals surface area contributed by atoms with Crippen molar-refractivity contribution >= 4 is 55.8 Å².